The van der Waals surface area contributed by atoms with Crippen molar-refractivity contribution in [2.45, 2.75) is 12.5 Å². The van der Waals surface area contributed by atoms with Crippen LogP contribution in [-0.2, 0) is 6.42 Å². The molecule has 0 aliphatic rings. The molecule has 0 spiro atoms. The van der Waals surface area contributed by atoms with E-state index in [0.717, 1.165) is 11.6 Å². The van der Waals surface area contributed by atoms with Crippen molar-refractivity contribution >= 4 is 11.8 Å². The fraction of sp³-hybridized carbons (Fsp3) is 0.214. The summed E-state index contributed by atoms with van der Waals surface area (Å²) in [5.74, 6) is -1.25. The minimum absolute atomic E-state index is 0.159. The SMILES string of the molecule is O=C(N[C@H](CO)Cc1ccccc1)c1ccc([N+](=O)[O-])o1. The summed E-state index contributed by atoms with van der Waals surface area (Å²) < 4.78 is 4.81. The van der Waals surface area contributed by atoms with Crippen LogP contribution >= 0.6 is 0 Å². The third-order valence-electron chi connectivity index (χ3n) is 2.88. The fourth-order valence-electron chi connectivity index (χ4n) is 1.86. The number of rotatable bonds is 6. The van der Waals surface area contributed by atoms with Gasteiger partial charge in [0.1, 0.15) is 4.92 Å². The van der Waals surface area contributed by atoms with Crippen LogP contribution in [0.5, 0.6) is 0 Å². The molecule has 0 fully saturated rings. The lowest BCUT2D eigenvalue weighted by atomic mass is 10.1. The Labute approximate surface area is 120 Å². The molecule has 7 heteroatoms. The molecule has 0 aliphatic heterocycles. The molecule has 1 amide bonds. The van der Waals surface area contributed by atoms with Crippen molar-refractivity contribution < 1.29 is 19.2 Å². The van der Waals surface area contributed by atoms with E-state index < -0.39 is 22.8 Å². The minimum atomic E-state index is -0.718. The molecular formula is C14H14N2O5. The summed E-state index contributed by atoms with van der Waals surface area (Å²) in [5.41, 5.74) is 0.960. The highest BCUT2D eigenvalue weighted by atomic mass is 16.6. The standard InChI is InChI=1S/C14H14N2O5/c17-9-11(8-10-4-2-1-3-5-10)15-14(18)12-6-7-13(21-12)16(19)20/h1-7,11,17H,8-9H2,(H,15,18)/t11-/m0/s1. The second-order valence-electron chi connectivity index (χ2n) is 4.44. The van der Waals surface area contributed by atoms with Gasteiger partial charge in [0.2, 0.25) is 0 Å². The number of carbonyl (C=O) groups excluding carboxylic acids is 1. The van der Waals surface area contributed by atoms with Crippen LogP contribution in [0.1, 0.15) is 16.1 Å². The fourth-order valence-corrected chi connectivity index (χ4v) is 1.86. The van der Waals surface area contributed by atoms with E-state index in [1.54, 1.807) is 0 Å². The summed E-state index contributed by atoms with van der Waals surface area (Å²) in [4.78, 5) is 21.7. The van der Waals surface area contributed by atoms with Gasteiger partial charge in [0.05, 0.1) is 18.7 Å². The maximum absolute atomic E-state index is 11.9. The summed E-state index contributed by atoms with van der Waals surface area (Å²) in [6, 6.07) is 11.2. The van der Waals surface area contributed by atoms with E-state index in [4.69, 9.17) is 4.42 Å². The number of furan rings is 1. The van der Waals surface area contributed by atoms with Gasteiger partial charge in [0, 0.05) is 0 Å². The van der Waals surface area contributed by atoms with Gasteiger partial charge >= 0.3 is 5.88 Å². The molecule has 21 heavy (non-hydrogen) atoms. The number of hydrogen-bond donors (Lipinski definition) is 2. The number of hydrogen-bond acceptors (Lipinski definition) is 5. The Kier molecular flexibility index (Phi) is 4.68. The maximum Gasteiger partial charge on any atom is 0.433 e. The first-order valence-corrected chi connectivity index (χ1v) is 6.30. The number of carbonyl (C=O) groups is 1. The van der Waals surface area contributed by atoms with Crippen LogP contribution in [0.2, 0.25) is 0 Å². The van der Waals surface area contributed by atoms with E-state index in [-0.39, 0.29) is 12.4 Å². The van der Waals surface area contributed by atoms with Crippen molar-refractivity contribution in [3.8, 4) is 0 Å². The first-order chi connectivity index (χ1) is 10.1. The van der Waals surface area contributed by atoms with Crippen LogP contribution < -0.4 is 5.32 Å². The van der Waals surface area contributed by atoms with Crippen LogP contribution in [0.3, 0.4) is 0 Å². The predicted octanol–water partition coefficient (Wildman–Crippen LogP) is 1.52. The summed E-state index contributed by atoms with van der Waals surface area (Å²) in [6.07, 6.45) is 0.450. The molecule has 1 heterocycles. The summed E-state index contributed by atoms with van der Waals surface area (Å²) in [6.45, 7) is -0.247. The Hall–Kier alpha value is -2.67. The molecule has 0 unspecified atom stereocenters. The van der Waals surface area contributed by atoms with Crippen LogP contribution in [0.15, 0.2) is 46.9 Å². The highest BCUT2D eigenvalue weighted by molar-refractivity contribution is 5.91. The summed E-state index contributed by atoms with van der Waals surface area (Å²) in [7, 11) is 0. The zero-order valence-electron chi connectivity index (χ0n) is 11.1. The Morgan fingerprint density at radius 2 is 2.00 bits per heavy atom. The molecule has 1 atom stereocenters. The first-order valence-electron chi connectivity index (χ1n) is 6.30. The van der Waals surface area contributed by atoms with Crippen molar-refractivity contribution in [1.29, 1.82) is 0 Å². The number of aliphatic hydroxyl groups is 1. The Balaban J connectivity index is 2.00. The van der Waals surface area contributed by atoms with E-state index in [1.807, 2.05) is 30.3 Å². The number of benzene rings is 1. The van der Waals surface area contributed by atoms with Gasteiger partial charge in [0.25, 0.3) is 5.91 Å². The number of aliphatic hydroxyl groups excluding tert-OH is 1. The van der Waals surface area contributed by atoms with E-state index in [9.17, 15) is 20.0 Å². The molecule has 0 radical (unpaired) electrons. The molecule has 2 N–H and O–H groups in total. The smallest absolute Gasteiger partial charge is 0.395 e. The second kappa shape index (κ2) is 6.67. The molecule has 0 saturated heterocycles. The second-order valence-corrected chi connectivity index (χ2v) is 4.44. The Morgan fingerprint density at radius 1 is 1.29 bits per heavy atom. The van der Waals surface area contributed by atoms with E-state index in [2.05, 4.69) is 5.32 Å². The lowest BCUT2D eigenvalue weighted by Gasteiger charge is -2.15. The van der Waals surface area contributed by atoms with E-state index in [1.165, 1.54) is 6.07 Å². The molecule has 1 aromatic heterocycles. The summed E-state index contributed by atoms with van der Waals surface area (Å²) in [5, 5.41) is 22.4. The molecule has 1 aromatic carbocycles. The lowest BCUT2D eigenvalue weighted by molar-refractivity contribution is -0.402. The molecule has 0 aliphatic carbocycles. The Bertz CT molecular complexity index is 623. The van der Waals surface area contributed by atoms with Crippen LogP contribution in [0.4, 0.5) is 5.88 Å². The molecule has 7 nitrogen and oxygen atoms in total. The third-order valence-corrected chi connectivity index (χ3v) is 2.88. The van der Waals surface area contributed by atoms with Gasteiger partial charge in [-0.05, 0) is 18.1 Å². The molecule has 110 valence electrons. The number of nitrogens with zero attached hydrogens (tertiary/aromatic N) is 1. The van der Waals surface area contributed by atoms with Gasteiger partial charge in [-0.2, -0.15) is 0 Å². The van der Waals surface area contributed by atoms with E-state index in [0.29, 0.717) is 6.42 Å². The van der Waals surface area contributed by atoms with Crippen molar-refractivity contribution in [3.05, 3.63) is 63.9 Å². The number of nitro groups is 1. The molecule has 0 saturated carbocycles. The van der Waals surface area contributed by atoms with E-state index >= 15 is 0 Å². The van der Waals surface area contributed by atoms with Crippen molar-refractivity contribution in [2.75, 3.05) is 6.61 Å². The van der Waals surface area contributed by atoms with Crippen molar-refractivity contribution in [2.24, 2.45) is 0 Å². The normalized spacial score (nSPS) is 11.9. The molecule has 2 aromatic rings. The average molecular weight is 290 g/mol. The minimum Gasteiger partial charge on any atom is -0.395 e. The Morgan fingerprint density at radius 3 is 2.57 bits per heavy atom. The molecule has 0 bridgehead atoms. The van der Waals surface area contributed by atoms with Crippen LogP contribution in [0.25, 0.3) is 0 Å². The maximum atomic E-state index is 11.9. The quantitative estimate of drug-likeness (QED) is 0.619. The molecule has 2 rings (SSSR count). The van der Waals surface area contributed by atoms with Crippen LogP contribution in [-0.4, -0.2) is 28.6 Å². The molecular weight excluding hydrogens is 276 g/mol. The lowest BCUT2D eigenvalue weighted by Crippen LogP contribution is -2.38. The van der Waals surface area contributed by atoms with Gasteiger partial charge in [-0.1, -0.05) is 30.3 Å². The average Bonchev–Trinajstić information content (AvgIpc) is 2.97. The zero-order valence-corrected chi connectivity index (χ0v) is 11.1. The zero-order chi connectivity index (χ0) is 15.2. The van der Waals surface area contributed by atoms with Gasteiger partial charge in [-0.15, -0.1) is 0 Å². The van der Waals surface area contributed by atoms with Gasteiger partial charge in [-0.3, -0.25) is 14.9 Å². The van der Waals surface area contributed by atoms with Crippen LogP contribution in [0, 0.1) is 10.1 Å². The highest BCUT2D eigenvalue weighted by Gasteiger charge is 2.20. The third kappa shape index (κ3) is 3.90. The predicted molar refractivity (Wildman–Crippen MR) is 73.8 cm³/mol. The first kappa shape index (κ1) is 14.7. The number of amides is 1. The van der Waals surface area contributed by atoms with Crippen molar-refractivity contribution in [1.82, 2.24) is 5.32 Å². The van der Waals surface area contributed by atoms with Gasteiger partial charge in [0.15, 0.2) is 5.76 Å². The van der Waals surface area contributed by atoms with Gasteiger partial charge in [-0.25, -0.2) is 0 Å². The largest absolute Gasteiger partial charge is 0.433 e. The van der Waals surface area contributed by atoms with Gasteiger partial charge < -0.3 is 14.8 Å². The topological polar surface area (TPSA) is 106 Å². The highest BCUT2D eigenvalue weighted by Crippen LogP contribution is 2.15. The number of nitrogens with one attached hydrogen (secondary N) is 1. The summed E-state index contributed by atoms with van der Waals surface area (Å²) >= 11 is 0. The van der Waals surface area contributed by atoms with Crippen molar-refractivity contribution in [3.63, 3.8) is 0 Å². The monoisotopic (exact) mass is 290 g/mol.